The SMILES string of the molecule is CC1CCCC(CO)(NC(=O)[C@@H]2CC[C@H](C(=O)O)C2)C1. The van der Waals surface area contributed by atoms with Crippen molar-refractivity contribution in [1.29, 1.82) is 0 Å². The first-order valence-corrected chi connectivity index (χ1v) is 7.61. The summed E-state index contributed by atoms with van der Waals surface area (Å²) in [6.45, 7) is 2.11. The van der Waals surface area contributed by atoms with Crippen molar-refractivity contribution in [2.75, 3.05) is 6.61 Å². The van der Waals surface area contributed by atoms with Crippen molar-refractivity contribution in [2.45, 2.75) is 57.4 Å². The number of carbonyl (C=O) groups is 2. The van der Waals surface area contributed by atoms with Gasteiger partial charge in [-0.2, -0.15) is 0 Å². The third-order valence-electron chi connectivity index (χ3n) is 4.94. The summed E-state index contributed by atoms with van der Waals surface area (Å²) >= 11 is 0. The Balaban J connectivity index is 1.94. The maximum Gasteiger partial charge on any atom is 0.306 e. The van der Waals surface area contributed by atoms with Crippen LogP contribution in [0.25, 0.3) is 0 Å². The largest absolute Gasteiger partial charge is 0.481 e. The summed E-state index contributed by atoms with van der Waals surface area (Å²) in [5.74, 6) is -0.968. The normalized spacial score (nSPS) is 37.6. The van der Waals surface area contributed by atoms with Crippen molar-refractivity contribution >= 4 is 11.9 Å². The molecule has 2 rings (SSSR count). The number of amides is 1. The lowest BCUT2D eigenvalue weighted by molar-refractivity contribution is -0.141. The number of carbonyl (C=O) groups excluding carboxylic acids is 1. The van der Waals surface area contributed by atoms with Crippen molar-refractivity contribution in [3.8, 4) is 0 Å². The Kier molecular flexibility index (Phi) is 4.68. The lowest BCUT2D eigenvalue weighted by Gasteiger charge is -2.40. The highest BCUT2D eigenvalue weighted by atomic mass is 16.4. The number of rotatable bonds is 4. The fourth-order valence-electron chi connectivity index (χ4n) is 3.76. The Morgan fingerprint density at radius 2 is 1.95 bits per heavy atom. The standard InChI is InChI=1S/C15H25NO4/c1-10-3-2-6-15(8-10,9-17)16-13(18)11-4-5-12(7-11)14(19)20/h10-12,17H,2-9H2,1H3,(H,16,18)(H,19,20)/t10?,11-,12+,15?/m1/s1. The maximum atomic E-state index is 12.3. The second kappa shape index (κ2) is 6.12. The van der Waals surface area contributed by atoms with Crippen LogP contribution in [0.4, 0.5) is 0 Å². The van der Waals surface area contributed by atoms with E-state index in [0.717, 1.165) is 25.7 Å². The van der Waals surface area contributed by atoms with Crippen LogP contribution in [0.15, 0.2) is 0 Å². The summed E-state index contributed by atoms with van der Waals surface area (Å²) in [6, 6.07) is 0. The Labute approximate surface area is 119 Å². The van der Waals surface area contributed by atoms with Gasteiger partial charge in [-0.25, -0.2) is 0 Å². The van der Waals surface area contributed by atoms with Gasteiger partial charge in [-0.3, -0.25) is 9.59 Å². The highest BCUT2D eigenvalue weighted by Crippen LogP contribution is 2.35. The molecule has 0 spiro atoms. The summed E-state index contributed by atoms with van der Waals surface area (Å²) < 4.78 is 0. The Bertz CT molecular complexity index is 384. The molecule has 0 bridgehead atoms. The zero-order valence-corrected chi connectivity index (χ0v) is 12.1. The summed E-state index contributed by atoms with van der Waals surface area (Å²) in [4.78, 5) is 23.3. The number of aliphatic hydroxyl groups is 1. The maximum absolute atomic E-state index is 12.3. The molecule has 2 saturated carbocycles. The van der Waals surface area contributed by atoms with E-state index >= 15 is 0 Å². The molecule has 0 aliphatic heterocycles. The van der Waals surface area contributed by atoms with Crippen molar-refractivity contribution in [3.63, 3.8) is 0 Å². The van der Waals surface area contributed by atoms with Crippen LogP contribution in [0.3, 0.4) is 0 Å². The Morgan fingerprint density at radius 3 is 2.50 bits per heavy atom. The van der Waals surface area contributed by atoms with Crippen molar-refractivity contribution < 1.29 is 19.8 Å². The molecule has 0 heterocycles. The molecule has 114 valence electrons. The molecule has 3 N–H and O–H groups in total. The quantitative estimate of drug-likeness (QED) is 0.730. The summed E-state index contributed by atoms with van der Waals surface area (Å²) in [7, 11) is 0. The average Bonchev–Trinajstić information content (AvgIpc) is 2.88. The zero-order chi connectivity index (χ0) is 14.8. The van der Waals surface area contributed by atoms with Gasteiger partial charge >= 0.3 is 5.97 Å². The number of hydrogen-bond donors (Lipinski definition) is 3. The van der Waals surface area contributed by atoms with Gasteiger partial charge in [-0.1, -0.05) is 19.8 Å². The molecule has 1 amide bonds. The van der Waals surface area contributed by atoms with Gasteiger partial charge in [0.05, 0.1) is 18.1 Å². The Hall–Kier alpha value is -1.10. The molecule has 0 radical (unpaired) electrons. The van der Waals surface area contributed by atoms with E-state index < -0.39 is 11.5 Å². The molecular formula is C15H25NO4. The summed E-state index contributed by atoms with van der Waals surface area (Å²) in [6.07, 6.45) is 5.43. The van der Waals surface area contributed by atoms with Crippen LogP contribution in [0, 0.1) is 17.8 Å². The van der Waals surface area contributed by atoms with Crippen molar-refractivity contribution in [3.05, 3.63) is 0 Å². The van der Waals surface area contributed by atoms with Crippen LogP contribution >= 0.6 is 0 Å². The van der Waals surface area contributed by atoms with Gasteiger partial charge in [0.15, 0.2) is 0 Å². The lowest BCUT2D eigenvalue weighted by atomic mass is 9.76. The molecule has 0 aromatic rings. The molecule has 20 heavy (non-hydrogen) atoms. The molecule has 2 fully saturated rings. The second-order valence-corrected chi connectivity index (χ2v) is 6.67. The molecule has 0 aromatic heterocycles. The van der Waals surface area contributed by atoms with Crippen LogP contribution in [0.1, 0.15) is 51.9 Å². The molecule has 5 nitrogen and oxygen atoms in total. The highest BCUT2D eigenvalue weighted by Gasteiger charge is 2.40. The molecule has 4 atom stereocenters. The van der Waals surface area contributed by atoms with Crippen molar-refractivity contribution in [1.82, 2.24) is 5.32 Å². The molecule has 2 aliphatic rings. The Morgan fingerprint density at radius 1 is 1.25 bits per heavy atom. The first-order chi connectivity index (χ1) is 9.46. The van der Waals surface area contributed by atoms with Crippen LogP contribution in [0.2, 0.25) is 0 Å². The van der Waals surface area contributed by atoms with Gasteiger partial charge in [0.2, 0.25) is 5.91 Å². The number of hydrogen-bond acceptors (Lipinski definition) is 3. The van der Waals surface area contributed by atoms with E-state index in [4.69, 9.17) is 5.11 Å². The fraction of sp³-hybridized carbons (Fsp3) is 0.867. The first-order valence-electron chi connectivity index (χ1n) is 7.61. The molecule has 5 heteroatoms. The van der Waals surface area contributed by atoms with Gasteiger partial charge in [0, 0.05) is 5.92 Å². The van der Waals surface area contributed by atoms with Gasteiger partial charge in [-0.05, 0) is 38.0 Å². The number of aliphatic carboxylic acids is 1. The van der Waals surface area contributed by atoms with E-state index in [1.807, 2.05) is 0 Å². The van der Waals surface area contributed by atoms with Crippen LogP contribution in [0.5, 0.6) is 0 Å². The van der Waals surface area contributed by atoms with E-state index in [1.165, 1.54) is 0 Å². The van der Waals surface area contributed by atoms with Gasteiger partial charge in [-0.15, -0.1) is 0 Å². The lowest BCUT2D eigenvalue weighted by Crippen LogP contribution is -2.55. The number of carboxylic acids is 1. The zero-order valence-electron chi connectivity index (χ0n) is 12.1. The van der Waals surface area contributed by atoms with E-state index in [1.54, 1.807) is 0 Å². The van der Waals surface area contributed by atoms with E-state index in [-0.39, 0.29) is 24.3 Å². The molecule has 0 saturated heterocycles. The predicted molar refractivity (Wildman–Crippen MR) is 74.1 cm³/mol. The van der Waals surface area contributed by atoms with Gasteiger partial charge < -0.3 is 15.5 Å². The van der Waals surface area contributed by atoms with Crippen LogP contribution in [-0.2, 0) is 9.59 Å². The number of nitrogens with one attached hydrogen (secondary N) is 1. The number of carboxylic acid groups (broad SMARTS) is 1. The van der Waals surface area contributed by atoms with E-state index in [9.17, 15) is 14.7 Å². The second-order valence-electron chi connectivity index (χ2n) is 6.67. The van der Waals surface area contributed by atoms with Gasteiger partial charge in [0.25, 0.3) is 0 Å². The molecule has 0 aromatic carbocycles. The smallest absolute Gasteiger partial charge is 0.306 e. The fourth-order valence-corrected chi connectivity index (χ4v) is 3.76. The average molecular weight is 283 g/mol. The third-order valence-corrected chi connectivity index (χ3v) is 4.94. The van der Waals surface area contributed by atoms with Crippen LogP contribution in [-0.4, -0.2) is 34.2 Å². The topological polar surface area (TPSA) is 86.6 Å². The minimum Gasteiger partial charge on any atom is -0.481 e. The van der Waals surface area contributed by atoms with E-state index in [2.05, 4.69) is 12.2 Å². The minimum atomic E-state index is -0.802. The highest BCUT2D eigenvalue weighted by molar-refractivity contribution is 5.81. The first kappa shape index (κ1) is 15.3. The van der Waals surface area contributed by atoms with Crippen molar-refractivity contribution in [2.24, 2.45) is 17.8 Å². The third kappa shape index (κ3) is 3.32. The van der Waals surface area contributed by atoms with Gasteiger partial charge in [0.1, 0.15) is 0 Å². The summed E-state index contributed by atoms with van der Waals surface area (Å²) in [5.41, 5.74) is -0.490. The predicted octanol–water partition coefficient (Wildman–Crippen LogP) is 1.54. The van der Waals surface area contributed by atoms with E-state index in [0.29, 0.717) is 25.2 Å². The minimum absolute atomic E-state index is 0.0296. The number of aliphatic hydroxyl groups excluding tert-OH is 1. The van der Waals surface area contributed by atoms with Crippen LogP contribution < -0.4 is 5.32 Å². The molecule has 2 aliphatic carbocycles. The monoisotopic (exact) mass is 283 g/mol. The molecular weight excluding hydrogens is 258 g/mol. The molecule has 2 unspecified atom stereocenters. The summed E-state index contributed by atoms with van der Waals surface area (Å²) in [5, 5.41) is 21.7.